The molecule has 2 fully saturated rings. The average molecular weight is 396 g/mol. The molecule has 0 saturated carbocycles. The van der Waals surface area contributed by atoms with Crippen molar-refractivity contribution in [3.63, 3.8) is 0 Å². The van der Waals surface area contributed by atoms with E-state index >= 15 is 0 Å². The topological polar surface area (TPSA) is 64.4 Å². The molecule has 146 valence electrons. The third-order valence-corrected chi connectivity index (χ3v) is 7.83. The van der Waals surface area contributed by atoms with Crippen LogP contribution in [0.2, 0.25) is 0 Å². The van der Waals surface area contributed by atoms with E-state index in [2.05, 4.69) is 11.0 Å². The fourth-order valence-corrected chi connectivity index (χ4v) is 5.73. The summed E-state index contributed by atoms with van der Waals surface area (Å²) in [5.41, 5.74) is 2.52. The molecule has 28 heavy (non-hydrogen) atoms. The molecule has 4 rings (SSSR count). The van der Waals surface area contributed by atoms with Gasteiger partial charge in [0.25, 0.3) is 0 Å². The molecule has 0 amide bonds. The minimum Gasteiger partial charge on any atom is -0.300 e. The quantitative estimate of drug-likeness (QED) is 0.795. The van der Waals surface area contributed by atoms with E-state index in [1.54, 1.807) is 28.6 Å². The summed E-state index contributed by atoms with van der Waals surface area (Å²) >= 11 is 0. The summed E-state index contributed by atoms with van der Waals surface area (Å²) in [4.78, 5) is 2.88. The van der Waals surface area contributed by atoms with Crippen LogP contribution in [0.5, 0.6) is 0 Å². The molecule has 5 nitrogen and oxygen atoms in total. The zero-order chi connectivity index (χ0) is 19.6. The molecule has 2 aliphatic heterocycles. The molecule has 0 radical (unpaired) electrons. The van der Waals surface area contributed by atoms with Crippen molar-refractivity contribution in [2.24, 2.45) is 0 Å². The molecular weight excluding hydrogens is 370 g/mol. The van der Waals surface area contributed by atoms with Crippen LogP contribution in [0, 0.1) is 11.3 Å². The molecule has 2 aliphatic rings. The van der Waals surface area contributed by atoms with Gasteiger partial charge in [-0.05, 0) is 74.2 Å². The lowest BCUT2D eigenvalue weighted by molar-refractivity contribution is 0.168. The van der Waals surface area contributed by atoms with Gasteiger partial charge in [0.2, 0.25) is 10.0 Å². The largest absolute Gasteiger partial charge is 0.300 e. The third kappa shape index (κ3) is 3.83. The molecule has 2 aromatic rings. The van der Waals surface area contributed by atoms with Gasteiger partial charge in [0.15, 0.2) is 0 Å². The molecule has 0 unspecified atom stereocenters. The van der Waals surface area contributed by atoms with Gasteiger partial charge in [0.05, 0.1) is 16.5 Å². The van der Waals surface area contributed by atoms with Crippen LogP contribution in [0.25, 0.3) is 11.1 Å². The highest BCUT2D eigenvalue weighted by molar-refractivity contribution is 7.89. The number of benzene rings is 2. The number of nitriles is 1. The molecule has 0 aromatic heterocycles. The lowest BCUT2D eigenvalue weighted by Crippen LogP contribution is -2.45. The first-order valence-electron chi connectivity index (χ1n) is 9.93. The second-order valence-electron chi connectivity index (χ2n) is 7.59. The second-order valence-corrected chi connectivity index (χ2v) is 9.53. The zero-order valence-corrected chi connectivity index (χ0v) is 16.7. The molecule has 6 heteroatoms. The minimum absolute atomic E-state index is 0.351. The summed E-state index contributed by atoms with van der Waals surface area (Å²) in [6, 6.07) is 17.0. The normalized spacial score (nSPS) is 19.5. The Hall–Kier alpha value is -2.20. The van der Waals surface area contributed by atoms with E-state index in [0.717, 1.165) is 37.1 Å². The number of sulfonamides is 1. The van der Waals surface area contributed by atoms with Gasteiger partial charge >= 0.3 is 0 Å². The van der Waals surface area contributed by atoms with E-state index in [1.807, 2.05) is 24.3 Å². The van der Waals surface area contributed by atoms with Crippen LogP contribution >= 0.6 is 0 Å². The average Bonchev–Trinajstić information content (AvgIpc) is 3.29. The first-order valence-corrected chi connectivity index (χ1v) is 11.4. The van der Waals surface area contributed by atoms with E-state index < -0.39 is 10.0 Å². The Morgan fingerprint density at radius 3 is 1.89 bits per heavy atom. The Bertz CT molecular complexity index is 948. The van der Waals surface area contributed by atoms with Crippen molar-refractivity contribution in [2.45, 2.75) is 36.6 Å². The van der Waals surface area contributed by atoms with E-state index in [1.165, 1.54) is 12.8 Å². The molecule has 0 aliphatic carbocycles. The van der Waals surface area contributed by atoms with Crippen LogP contribution in [-0.4, -0.2) is 49.8 Å². The lowest BCUT2D eigenvalue weighted by Gasteiger charge is -2.36. The van der Waals surface area contributed by atoms with Crippen LogP contribution in [0.3, 0.4) is 0 Å². The van der Waals surface area contributed by atoms with Crippen molar-refractivity contribution in [3.8, 4) is 17.2 Å². The summed E-state index contributed by atoms with van der Waals surface area (Å²) in [5, 5.41) is 8.90. The van der Waals surface area contributed by atoms with Gasteiger partial charge in [-0.3, -0.25) is 0 Å². The van der Waals surface area contributed by atoms with Crippen molar-refractivity contribution >= 4 is 10.0 Å². The van der Waals surface area contributed by atoms with Crippen LogP contribution in [0.4, 0.5) is 0 Å². The Morgan fingerprint density at radius 2 is 1.36 bits per heavy atom. The van der Waals surface area contributed by atoms with Crippen molar-refractivity contribution in [2.75, 3.05) is 26.2 Å². The number of likely N-dealkylation sites (tertiary alicyclic amines) is 1. The van der Waals surface area contributed by atoms with Crippen LogP contribution in [-0.2, 0) is 10.0 Å². The van der Waals surface area contributed by atoms with E-state index in [0.29, 0.717) is 29.6 Å². The number of piperidine rings is 1. The zero-order valence-electron chi connectivity index (χ0n) is 15.9. The summed E-state index contributed by atoms with van der Waals surface area (Å²) in [7, 11) is -3.45. The smallest absolute Gasteiger partial charge is 0.243 e. The van der Waals surface area contributed by atoms with Gasteiger partial charge in [-0.2, -0.15) is 9.57 Å². The van der Waals surface area contributed by atoms with E-state index in [9.17, 15) is 8.42 Å². The minimum atomic E-state index is -3.45. The van der Waals surface area contributed by atoms with Crippen molar-refractivity contribution in [1.82, 2.24) is 9.21 Å². The summed E-state index contributed by atoms with van der Waals surface area (Å²) in [5.74, 6) is 0. The van der Waals surface area contributed by atoms with Gasteiger partial charge < -0.3 is 4.90 Å². The molecule has 0 spiro atoms. The van der Waals surface area contributed by atoms with Crippen molar-refractivity contribution in [1.29, 1.82) is 5.26 Å². The maximum absolute atomic E-state index is 13.0. The maximum Gasteiger partial charge on any atom is 0.243 e. The van der Waals surface area contributed by atoms with Crippen molar-refractivity contribution < 1.29 is 8.42 Å². The maximum atomic E-state index is 13.0. The van der Waals surface area contributed by atoms with Gasteiger partial charge in [0.1, 0.15) is 0 Å². The second kappa shape index (κ2) is 8.04. The molecule has 0 atom stereocenters. The number of nitrogens with zero attached hydrogens (tertiary/aromatic N) is 3. The standard InChI is InChI=1S/C22H25N3O2S/c23-17-18-3-5-19(6-4-18)20-7-9-22(10-8-20)28(26,27)25-15-11-21(12-16-25)24-13-1-2-14-24/h3-10,21H,1-2,11-16H2. The van der Waals surface area contributed by atoms with Crippen LogP contribution in [0.15, 0.2) is 53.4 Å². The Morgan fingerprint density at radius 1 is 0.821 bits per heavy atom. The molecular formula is C22H25N3O2S. The Kier molecular flexibility index (Phi) is 5.49. The number of hydrogen-bond donors (Lipinski definition) is 0. The summed E-state index contributed by atoms with van der Waals surface area (Å²) in [6.45, 7) is 3.52. The molecule has 2 aromatic carbocycles. The highest BCUT2D eigenvalue weighted by atomic mass is 32.2. The molecule has 2 saturated heterocycles. The number of hydrogen-bond acceptors (Lipinski definition) is 4. The van der Waals surface area contributed by atoms with Crippen LogP contribution < -0.4 is 0 Å². The number of rotatable bonds is 4. The Balaban J connectivity index is 1.45. The first-order chi connectivity index (χ1) is 13.6. The van der Waals surface area contributed by atoms with Crippen LogP contribution in [0.1, 0.15) is 31.2 Å². The summed E-state index contributed by atoms with van der Waals surface area (Å²) in [6.07, 6.45) is 4.37. The Labute approximate surface area is 167 Å². The summed E-state index contributed by atoms with van der Waals surface area (Å²) < 4.78 is 27.7. The fraction of sp³-hybridized carbons (Fsp3) is 0.409. The predicted molar refractivity (Wildman–Crippen MR) is 109 cm³/mol. The third-order valence-electron chi connectivity index (χ3n) is 5.92. The van der Waals surface area contributed by atoms with E-state index in [-0.39, 0.29) is 0 Å². The van der Waals surface area contributed by atoms with Gasteiger partial charge in [0, 0.05) is 19.1 Å². The van der Waals surface area contributed by atoms with Gasteiger partial charge in [-0.25, -0.2) is 8.42 Å². The SMILES string of the molecule is N#Cc1ccc(-c2ccc(S(=O)(=O)N3CCC(N4CCCC4)CC3)cc2)cc1. The lowest BCUT2D eigenvalue weighted by atomic mass is 10.0. The van der Waals surface area contributed by atoms with E-state index in [4.69, 9.17) is 5.26 Å². The first kappa shape index (κ1) is 19.1. The molecule has 0 bridgehead atoms. The highest BCUT2D eigenvalue weighted by Gasteiger charge is 2.32. The molecule has 2 heterocycles. The highest BCUT2D eigenvalue weighted by Crippen LogP contribution is 2.27. The molecule has 0 N–H and O–H groups in total. The predicted octanol–water partition coefficient (Wildman–Crippen LogP) is 3.47. The fourth-order valence-electron chi connectivity index (χ4n) is 4.26. The van der Waals surface area contributed by atoms with Gasteiger partial charge in [-0.1, -0.05) is 24.3 Å². The van der Waals surface area contributed by atoms with Crippen molar-refractivity contribution in [3.05, 3.63) is 54.1 Å². The monoisotopic (exact) mass is 395 g/mol. The van der Waals surface area contributed by atoms with Gasteiger partial charge in [-0.15, -0.1) is 0 Å².